The number of rotatable bonds is 5. The zero-order chi connectivity index (χ0) is 17.8. The van der Waals surface area contributed by atoms with E-state index in [9.17, 15) is 9.59 Å². The fourth-order valence-corrected chi connectivity index (χ4v) is 3.48. The number of carboxylic acid groups (broad SMARTS) is 1. The lowest BCUT2D eigenvalue weighted by Gasteiger charge is -2.05. The average molecular weight is 370 g/mol. The van der Waals surface area contributed by atoms with Crippen molar-refractivity contribution in [3.63, 3.8) is 0 Å². The monoisotopic (exact) mass is 370 g/mol. The summed E-state index contributed by atoms with van der Waals surface area (Å²) in [5.41, 5.74) is 0.642. The van der Waals surface area contributed by atoms with Crippen LogP contribution in [0.4, 0.5) is 5.69 Å². The molecule has 3 aromatic rings. The van der Waals surface area contributed by atoms with E-state index in [0.717, 1.165) is 5.56 Å². The van der Waals surface area contributed by atoms with Crippen LogP contribution in [0, 0.1) is 6.57 Å². The molecule has 2 heterocycles. The van der Waals surface area contributed by atoms with Crippen LogP contribution in [0.2, 0.25) is 0 Å². The van der Waals surface area contributed by atoms with Crippen molar-refractivity contribution in [1.82, 2.24) is 15.0 Å². The molecule has 2 aromatic heterocycles. The van der Waals surface area contributed by atoms with E-state index in [4.69, 9.17) is 11.7 Å². The first-order valence-electron chi connectivity index (χ1n) is 6.95. The van der Waals surface area contributed by atoms with Crippen molar-refractivity contribution in [2.45, 2.75) is 10.9 Å². The molecule has 9 heteroatoms. The van der Waals surface area contributed by atoms with Gasteiger partial charge < -0.3 is 10.1 Å². The number of carbonyl (C=O) groups is 1. The number of nitrogens with one attached hydrogen (secondary N) is 1. The van der Waals surface area contributed by atoms with Crippen molar-refractivity contribution in [3.05, 3.63) is 68.7 Å². The topological polar surface area (TPSA) is 100 Å². The van der Waals surface area contributed by atoms with Crippen LogP contribution in [0.15, 0.2) is 45.8 Å². The van der Waals surface area contributed by atoms with Gasteiger partial charge >= 0.3 is 5.97 Å². The second kappa shape index (κ2) is 7.29. The van der Waals surface area contributed by atoms with Gasteiger partial charge in [-0.2, -0.15) is 0 Å². The molecule has 1 aromatic carbocycles. The van der Waals surface area contributed by atoms with Crippen molar-refractivity contribution in [3.8, 4) is 10.7 Å². The van der Waals surface area contributed by atoms with E-state index in [1.54, 1.807) is 29.8 Å². The summed E-state index contributed by atoms with van der Waals surface area (Å²) in [6, 6.07) is 6.55. The van der Waals surface area contributed by atoms with Crippen LogP contribution in [0.1, 0.15) is 15.9 Å². The predicted octanol–water partition coefficient (Wildman–Crippen LogP) is 3.43. The molecule has 3 rings (SSSR count). The van der Waals surface area contributed by atoms with Gasteiger partial charge in [0.2, 0.25) is 0 Å². The van der Waals surface area contributed by atoms with Crippen LogP contribution >= 0.6 is 23.1 Å². The highest BCUT2D eigenvalue weighted by Gasteiger charge is 2.16. The lowest BCUT2D eigenvalue weighted by atomic mass is 10.1. The molecule has 0 unspecified atom stereocenters. The van der Waals surface area contributed by atoms with E-state index < -0.39 is 11.5 Å². The number of aromatic amines is 1. The molecule has 0 aliphatic rings. The summed E-state index contributed by atoms with van der Waals surface area (Å²) in [5.74, 6) is -0.565. The van der Waals surface area contributed by atoms with E-state index >= 15 is 0 Å². The Labute approximate surface area is 150 Å². The molecule has 0 saturated carbocycles. The maximum absolute atomic E-state index is 12.1. The van der Waals surface area contributed by atoms with Gasteiger partial charge in [-0.15, -0.1) is 11.3 Å². The van der Waals surface area contributed by atoms with Gasteiger partial charge in [-0.05, 0) is 17.7 Å². The lowest BCUT2D eigenvalue weighted by Crippen LogP contribution is -2.09. The minimum Gasteiger partial charge on any atom is -0.478 e. The maximum Gasteiger partial charge on any atom is 0.335 e. The fraction of sp³-hybridized carbons (Fsp3) is 0.0625. The Morgan fingerprint density at radius 3 is 2.96 bits per heavy atom. The Hall–Kier alpha value is -2.96. The minimum absolute atomic E-state index is 0.0906. The summed E-state index contributed by atoms with van der Waals surface area (Å²) in [6.45, 7) is 7.18. The smallest absolute Gasteiger partial charge is 0.335 e. The van der Waals surface area contributed by atoms with Gasteiger partial charge in [-0.3, -0.25) is 4.79 Å². The normalized spacial score (nSPS) is 10.4. The molecule has 0 fully saturated rings. The first-order chi connectivity index (χ1) is 12.1. The van der Waals surface area contributed by atoms with E-state index in [2.05, 4.69) is 19.8 Å². The van der Waals surface area contributed by atoms with Crippen molar-refractivity contribution >= 4 is 34.8 Å². The van der Waals surface area contributed by atoms with E-state index in [-0.39, 0.29) is 16.9 Å². The standard InChI is InChI=1S/C16H10N4O3S2/c1-17-11-12(14-18-5-6-24-14)19-16(20-13(11)21)25-8-9-3-2-4-10(7-9)15(22)23/h2-7H,8H2,(H,22,23)(H,19,20,21). The van der Waals surface area contributed by atoms with E-state index in [0.29, 0.717) is 15.9 Å². The highest BCUT2D eigenvalue weighted by Crippen LogP contribution is 2.29. The minimum atomic E-state index is -0.995. The highest BCUT2D eigenvalue weighted by molar-refractivity contribution is 7.98. The molecule has 25 heavy (non-hydrogen) atoms. The number of hydrogen-bond acceptors (Lipinski definition) is 6. The molecular weight excluding hydrogens is 360 g/mol. The number of thioether (sulfide) groups is 1. The molecule has 2 N–H and O–H groups in total. The Morgan fingerprint density at radius 2 is 2.28 bits per heavy atom. The quantitative estimate of drug-likeness (QED) is 0.405. The molecule has 0 radical (unpaired) electrons. The predicted molar refractivity (Wildman–Crippen MR) is 95.2 cm³/mol. The van der Waals surface area contributed by atoms with Crippen LogP contribution in [0.3, 0.4) is 0 Å². The van der Waals surface area contributed by atoms with Gasteiger partial charge in [0.05, 0.1) is 12.1 Å². The molecule has 0 atom stereocenters. The third-order valence-electron chi connectivity index (χ3n) is 3.17. The summed E-state index contributed by atoms with van der Waals surface area (Å²) < 4.78 is 0. The number of H-pyrrole nitrogens is 1. The van der Waals surface area contributed by atoms with Gasteiger partial charge in [-0.25, -0.2) is 19.6 Å². The van der Waals surface area contributed by atoms with Crippen molar-refractivity contribution in [1.29, 1.82) is 0 Å². The zero-order valence-corrected chi connectivity index (χ0v) is 14.2. The molecule has 124 valence electrons. The van der Waals surface area contributed by atoms with Crippen LogP contribution in [0.5, 0.6) is 0 Å². The SMILES string of the molecule is [C-]#[N+]c1c(-c2nccs2)nc(SCc2cccc(C(=O)O)c2)[nH]c1=O. The fourth-order valence-electron chi connectivity index (χ4n) is 2.05. The Balaban J connectivity index is 1.89. The highest BCUT2D eigenvalue weighted by atomic mass is 32.2. The number of thiazole rings is 1. The van der Waals surface area contributed by atoms with Crippen LogP contribution in [-0.2, 0) is 5.75 Å². The first kappa shape index (κ1) is 16.9. The third kappa shape index (κ3) is 3.76. The molecule has 0 amide bonds. The molecule has 0 bridgehead atoms. The van der Waals surface area contributed by atoms with Crippen LogP contribution in [-0.4, -0.2) is 26.0 Å². The lowest BCUT2D eigenvalue weighted by molar-refractivity contribution is 0.0697. The van der Waals surface area contributed by atoms with Crippen LogP contribution < -0.4 is 5.56 Å². The average Bonchev–Trinajstić information content (AvgIpc) is 3.14. The number of nitrogens with zero attached hydrogens (tertiary/aromatic N) is 3. The second-order valence-electron chi connectivity index (χ2n) is 4.81. The first-order valence-corrected chi connectivity index (χ1v) is 8.81. The summed E-state index contributed by atoms with van der Waals surface area (Å²) in [5, 5.41) is 11.6. The summed E-state index contributed by atoms with van der Waals surface area (Å²) >= 11 is 2.55. The van der Waals surface area contributed by atoms with Crippen molar-refractivity contribution in [2.24, 2.45) is 0 Å². The summed E-state index contributed by atoms with van der Waals surface area (Å²) in [7, 11) is 0. The summed E-state index contributed by atoms with van der Waals surface area (Å²) in [4.78, 5) is 37.4. The third-order valence-corrected chi connectivity index (χ3v) is 4.89. The molecule has 0 aliphatic heterocycles. The van der Waals surface area contributed by atoms with Gasteiger partial charge in [0.25, 0.3) is 11.2 Å². The number of aromatic nitrogens is 3. The molecule has 7 nitrogen and oxygen atoms in total. The van der Waals surface area contributed by atoms with Crippen molar-refractivity contribution < 1.29 is 9.90 Å². The Morgan fingerprint density at radius 1 is 1.44 bits per heavy atom. The second-order valence-corrected chi connectivity index (χ2v) is 6.67. The van der Waals surface area contributed by atoms with Crippen molar-refractivity contribution in [2.75, 3.05) is 0 Å². The Kier molecular flexibility index (Phi) is 4.92. The van der Waals surface area contributed by atoms with E-state index in [1.807, 2.05) is 0 Å². The van der Waals surface area contributed by atoms with Gasteiger partial charge in [0.15, 0.2) is 5.16 Å². The number of hydrogen-bond donors (Lipinski definition) is 2. The molecule has 0 aliphatic carbocycles. The van der Waals surface area contributed by atoms with Gasteiger partial charge in [-0.1, -0.05) is 23.9 Å². The molecule has 0 saturated heterocycles. The summed E-state index contributed by atoms with van der Waals surface area (Å²) in [6.07, 6.45) is 1.58. The molecule has 0 spiro atoms. The maximum atomic E-state index is 12.1. The largest absolute Gasteiger partial charge is 0.478 e. The molecular formula is C16H10N4O3S2. The van der Waals surface area contributed by atoms with Gasteiger partial charge in [0.1, 0.15) is 10.7 Å². The van der Waals surface area contributed by atoms with E-state index in [1.165, 1.54) is 29.2 Å². The number of benzene rings is 1. The van der Waals surface area contributed by atoms with Crippen LogP contribution in [0.25, 0.3) is 15.5 Å². The zero-order valence-electron chi connectivity index (χ0n) is 12.6. The number of carboxylic acids is 1. The van der Waals surface area contributed by atoms with Gasteiger partial charge in [0, 0.05) is 17.3 Å². The number of aromatic carboxylic acids is 1. The Bertz CT molecular complexity index is 1020.